The average Bonchev–Trinajstić information content (AvgIpc) is 4.02. The summed E-state index contributed by atoms with van der Waals surface area (Å²) in [6.07, 6.45) is 2.24. The summed E-state index contributed by atoms with van der Waals surface area (Å²) in [5.41, 5.74) is 11.4. The number of pyridine rings is 1. The van der Waals surface area contributed by atoms with Gasteiger partial charge in [0.1, 0.15) is 28.1 Å². The van der Waals surface area contributed by atoms with E-state index in [2.05, 4.69) is 35.6 Å². The highest BCUT2D eigenvalue weighted by Crippen LogP contribution is 2.44. The van der Waals surface area contributed by atoms with Gasteiger partial charge in [0.2, 0.25) is 10.0 Å². The van der Waals surface area contributed by atoms with Crippen molar-refractivity contribution in [1.82, 2.24) is 19.7 Å². The molecule has 2 heterocycles. The monoisotopic (exact) mass is 855 g/mol. The normalized spacial score (nSPS) is 13.4. The maximum Gasteiger partial charge on any atom is 0.241 e. The molecule has 2 aromatic heterocycles. The number of sulfone groups is 1. The molecule has 0 spiro atoms. The van der Waals surface area contributed by atoms with Crippen LogP contribution in [0.25, 0.3) is 44.6 Å². The summed E-state index contributed by atoms with van der Waals surface area (Å²) in [4.78, 5) is 12.0. The molecule has 0 radical (unpaired) electrons. The lowest BCUT2D eigenvalue weighted by molar-refractivity contribution is 0.472. The van der Waals surface area contributed by atoms with E-state index in [9.17, 15) is 22.1 Å². The minimum absolute atomic E-state index is 0.0391. The van der Waals surface area contributed by atoms with Crippen molar-refractivity contribution in [2.24, 2.45) is 0 Å². The molecule has 6 aromatic rings. The Hall–Kier alpha value is -5.60. The minimum atomic E-state index is -4.43. The summed E-state index contributed by atoms with van der Waals surface area (Å²) in [6, 6.07) is 23.8. The molecule has 1 aliphatic carbocycles. The van der Waals surface area contributed by atoms with Crippen molar-refractivity contribution in [3.8, 4) is 50.7 Å². The standard InChI is InChI=1S/C40H32BrF2N7O4S2/c1-40(2,50-56(53,54)34-8-4-3-6-25(34)22-10-15-28(31(43)18-22)33-21-47-39(46)38(41)49-33)29-7-5-9-35(55(51,52)24-12-13-24)37(29)23-11-14-26(30(42)19-23)27-16-17-36(45)48-32(27)20-44/h3-11,14-19,21,24,50H,12-13H2,1-2H3,(H2,45,48)(H2,46,47). The van der Waals surface area contributed by atoms with Gasteiger partial charge in [-0.1, -0.05) is 48.5 Å². The number of nitrogens with zero attached hydrogens (tertiary/aromatic N) is 4. The molecule has 4 aromatic carbocycles. The van der Waals surface area contributed by atoms with Crippen LogP contribution in [0.5, 0.6) is 0 Å². The number of sulfonamides is 1. The van der Waals surface area contributed by atoms with E-state index >= 15 is 8.78 Å². The van der Waals surface area contributed by atoms with Gasteiger partial charge in [-0.25, -0.2) is 45.3 Å². The van der Waals surface area contributed by atoms with E-state index in [1.165, 1.54) is 66.9 Å². The fourth-order valence-electron chi connectivity index (χ4n) is 6.59. The van der Waals surface area contributed by atoms with Crippen LogP contribution < -0.4 is 16.2 Å². The Morgan fingerprint density at radius 1 is 0.804 bits per heavy atom. The Kier molecular flexibility index (Phi) is 10.00. The number of hydrogen-bond donors (Lipinski definition) is 3. The van der Waals surface area contributed by atoms with Crippen LogP contribution in [0.15, 0.2) is 112 Å². The van der Waals surface area contributed by atoms with Crippen LogP contribution in [-0.2, 0) is 25.4 Å². The van der Waals surface area contributed by atoms with Crippen molar-refractivity contribution in [2.45, 2.75) is 47.3 Å². The Labute approximate surface area is 330 Å². The fraction of sp³-hybridized carbons (Fsp3) is 0.150. The lowest BCUT2D eigenvalue weighted by Gasteiger charge is -2.30. The average molecular weight is 857 g/mol. The summed E-state index contributed by atoms with van der Waals surface area (Å²) in [5, 5.41) is 9.00. The van der Waals surface area contributed by atoms with E-state index in [-0.39, 0.29) is 81.9 Å². The molecule has 56 heavy (non-hydrogen) atoms. The maximum absolute atomic E-state index is 16.1. The molecule has 1 fully saturated rings. The highest BCUT2D eigenvalue weighted by atomic mass is 79.9. The molecule has 0 unspecified atom stereocenters. The number of nitriles is 1. The number of aromatic nitrogens is 3. The quantitative estimate of drug-likeness (QED) is 0.123. The Morgan fingerprint density at radius 2 is 1.45 bits per heavy atom. The van der Waals surface area contributed by atoms with Crippen LogP contribution in [0, 0.1) is 23.0 Å². The first-order chi connectivity index (χ1) is 26.5. The van der Waals surface area contributed by atoms with Gasteiger partial charge in [0, 0.05) is 27.8 Å². The van der Waals surface area contributed by atoms with E-state index in [0.29, 0.717) is 12.8 Å². The molecule has 7 rings (SSSR count). The van der Waals surface area contributed by atoms with Gasteiger partial charge >= 0.3 is 0 Å². The first kappa shape index (κ1) is 38.7. The van der Waals surface area contributed by atoms with E-state index in [1.807, 2.05) is 6.07 Å². The topological polar surface area (TPSA) is 195 Å². The first-order valence-corrected chi connectivity index (χ1v) is 20.9. The second-order valence-corrected chi connectivity index (χ2v) is 18.3. The largest absolute Gasteiger partial charge is 0.384 e. The second-order valence-electron chi connectivity index (χ2n) is 13.7. The first-order valence-electron chi connectivity index (χ1n) is 17.1. The molecule has 16 heteroatoms. The number of nitrogen functional groups attached to an aromatic ring is 2. The van der Waals surface area contributed by atoms with Gasteiger partial charge in [0.25, 0.3) is 0 Å². The summed E-state index contributed by atoms with van der Waals surface area (Å²) in [7, 11) is -8.34. The summed E-state index contributed by atoms with van der Waals surface area (Å²) in [5.74, 6) is -1.23. The molecule has 0 saturated heterocycles. The lowest BCUT2D eigenvalue weighted by atomic mass is 9.87. The molecule has 0 atom stereocenters. The van der Waals surface area contributed by atoms with Crippen LogP contribution in [0.2, 0.25) is 0 Å². The van der Waals surface area contributed by atoms with E-state index < -0.39 is 42.3 Å². The minimum Gasteiger partial charge on any atom is -0.384 e. The molecule has 11 nitrogen and oxygen atoms in total. The Balaban J connectivity index is 1.30. The predicted octanol–water partition coefficient (Wildman–Crippen LogP) is 7.77. The van der Waals surface area contributed by atoms with Crippen LogP contribution in [0.4, 0.5) is 20.4 Å². The number of nitrogens with one attached hydrogen (secondary N) is 1. The summed E-state index contributed by atoms with van der Waals surface area (Å²) < 4.78 is 91.2. The Bertz CT molecular complexity index is 2850. The van der Waals surface area contributed by atoms with Crippen molar-refractivity contribution >= 4 is 47.4 Å². The highest BCUT2D eigenvalue weighted by molar-refractivity contribution is 9.10. The van der Waals surface area contributed by atoms with Gasteiger partial charge in [0.15, 0.2) is 21.3 Å². The van der Waals surface area contributed by atoms with Gasteiger partial charge in [-0.3, -0.25) is 0 Å². The summed E-state index contributed by atoms with van der Waals surface area (Å²) >= 11 is 3.20. The van der Waals surface area contributed by atoms with Crippen molar-refractivity contribution in [1.29, 1.82) is 5.26 Å². The third-order valence-corrected chi connectivity index (χ3v) is 14.0. The fourth-order valence-corrected chi connectivity index (χ4v) is 10.4. The van der Waals surface area contributed by atoms with Crippen molar-refractivity contribution in [3.05, 3.63) is 125 Å². The number of nitrogens with two attached hydrogens (primary N) is 2. The van der Waals surface area contributed by atoms with E-state index in [4.69, 9.17) is 11.5 Å². The lowest BCUT2D eigenvalue weighted by Crippen LogP contribution is -2.41. The Morgan fingerprint density at radius 3 is 2.12 bits per heavy atom. The summed E-state index contributed by atoms with van der Waals surface area (Å²) in [6.45, 7) is 3.15. The third-order valence-electron chi connectivity index (χ3n) is 9.42. The van der Waals surface area contributed by atoms with Crippen molar-refractivity contribution in [2.75, 3.05) is 11.5 Å². The van der Waals surface area contributed by atoms with E-state index in [0.717, 1.165) is 6.07 Å². The third kappa shape index (κ3) is 7.26. The highest BCUT2D eigenvalue weighted by Gasteiger charge is 2.41. The molecular weight excluding hydrogens is 825 g/mol. The maximum atomic E-state index is 16.1. The molecule has 1 saturated carbocycles. The van der Waals surface area contributed by atoms with Crippen LogP contribution in [0.1, 0.15) is 37.9 Å². The molecule has 1 aliphatic rings. The number of benzene rings is 4. The molecule has 0 amide bonds. The predicted molar refractivity (Wildman–Crippen MR) is 213 cm³/mol. The zero-order valence-electron chi connectivity index (χ0n) is 29.8. The second kappa shape index (κ2) is 14.5. The van der Waals surface area contributed by atoms with Gasteiger partial charge < -0.3 is 11.5 Å². The van der Waals surface area contributed by atoms with Crippen LogP contribution >= 0.6 is 15.9 Å². The molecule has 5 N–H and O–H groups in total. The van der Waals surface area contributed by atoms with Gasteiger partial charge in [-0.2, -0.15) is 5.26 Å². The zero-order valence-corrected chi connectivity index (χ0v) is 33.0. The number of hydrogen-bond acceptors (Lipinski definition) is 10. The number of halogens is 3. The SMILES string of the molecule is CC(C)(NS(=O)(=O)c1ccccc1-c1ccc(-c2cnc(N)c(Br)n2)c(F)c1)c1cccc(S(=O)(=O)C2CC2)c1-c1ccc(-c2ccc(N)nc2C#N)c(F)c1. The van der Waals surface area contributed by atoms with Gasteiger partial charge in [-0.05, 0) is 102 Å². The smallest absolute Gasteiger partial charge is 0.241 e. The van der Waals surface area contributed by atoms with Gasteiger partial charge in [-0.15, -0.1) is 0 Å². The molecular formula is C40H32BrF2N7O4S2. The molecule has 284 valence electrons. The molecule has 0 bridgehead atoms. The van der Waals surface area contributed by atoms with Crippen LogP contribution in [0.3, 0.4) is 0 Å². The number of anilines is 2. The van der Waals surface area contributed by atoms with E-state index in [1.54, 1.807) is 38.1 Å². The van der Waals surface area contributed by atoms with Crippen molar-refractivity contribution < 1.29 is 25.6 Å². The number of rotatable bonds is 10. The molecule has 0 aliphatic heterocycles. The van der Waals surface area contributed by atoms with Crippen molar-refractivity contribution in [3.63, 3.8) is 0 Å². The zero-order chi connectivity index (χ0) is 40.2. The van der Waals surface area contributed by atoms with Crippen LogP contribution in [-0.4, -0.2) is 37.0 Å². The van der Waals surface area contributed by atoms with Gasteiger partial charge in [0.05, 0.1) is 32.5 Å².